The van der Waals surface area contributed by atoms with Crippen LogP contribution in [0.15, 0.2) is 60.8 Å². The molecular weight excluding hydrogens is 464 g/mol. The molecule has 2 fully saturated rings. The van der Waals surface area contributed by atoms with Crippen LogP contribution in [0.5, 0.6) is 0 Å². The Morgan fingerprint density at radius 1 is 1.03 bits per heavy atom. The predicted molar refractivity (Wildman–Crippen MR) is 146 cm³/mol. The summed E-state index contributed by atoms with van der Waals surface area (Å²) in [5.41, 5.74) is 9.46. The third-order valence-electron chi connectivity index (χ3n) is 7.54. The average Bonchev–Trinajstić information content (AvgIpc) is 3.36. The Morgan fingerprint density at radius 3 is 2.54 bits per heavy atom. The highest BCUT2D eigenvalue weighted by atomic mass is 16.2. The monoisotopic (exact) mass is 500 g/mol. The SMILES string of the molecule is CN(Cc1ccccc1)C(=O)c1ccc(NC2CCN(CC(=O)N3CCC[C@H]3N)CC2)c2cccnc12. The third kappa shape index (κ3) is 5.76. The van der Waals surface area contributed by atoms with E-state index in [-0.39, 0.29) is 18.0 Å². The lowest BCUT2D eigenvalue weighted by atomic mass is 10.0. The lowest BCUT2D eigenvalue weighted by Crippen LogP contribution is -2.48. The van der Waals surface area contributed by atoms with Crippen molar-refractivity contribution in [3.63, 3.8) is 0 Å². The molecule has 2 saturated heterocycles. The number of benzene rings is 2. The number of nitrogens with one attached hydrogen (secondary N) is 1. The number of amides is 2. The van der Waals surface area contributed by atoms with Gasteiger partial charge in [0.15, 0.2) is 0 Å². The summed E-state index contributed by atoms with van der Waals surface area (Å²) >= 11 is 0. The maximum atomic E-state index is 13.3. The molecular formula is C29H36N6O2. The van der Waals surface area contributed by atoms with Gasteiger partial charge >= 0.3 is 0 Å². The van der Waals surface area contributed by atoms with Crippen molar-refractivity contribution in [3.8, 4) is 0 Å². The molecule has 1 aromatic heterocycles. The third-order valence-corrected chi connectivity index (χ3v) is 7.54. The van der Waals surface area contributed by atoms with Gasteiger partial charge in [-0.25, -0.2) is 0 Å². The minimum absolute atomic E-state index is 0.0465. The second-order valence-electron chi connectivity index (χ2n) is 10.2. The Morgan fingerprint density at radius 2 is 1.81 bits per heavy atom. The van der Waals surface area contributed by atoms with Crippen molar-refractivity contribution in [1.29, 1.82) is 0 Å². The molecule has 2 aliphatic heterocycles. The predicted octanol–water partition coefficient (Wildman–Crippen LogP) is 3.29. The number of anilines is 1. The van der Waals surface area contributed by atoms with Crippen LogP contribution in [0, 0.1) is 0 Å². The van der Waals surface area contributed by atoms with Crippen LogP contribution >= 0.6 is 0 Å². The second kappa shape index (κ2) is 11.3. The van der Waals surface area contributed by atoms with E-state index in [4.69, 9.17) is 5.73 Å². The Hall–Kier alpha value is -3.49. The van der Waals surface area contributed by atoms with Crippen LogP contribution < -0.4 is 11.1 Å². The maximum absolute atomic E-state index is 13.3. The number of piperidine rings is 1. The lowest BCUT2D eigenvalue weighted by Gasteiger charge is -2.34. The highest BCUT2D eigenvalue weighted by Gasteiger charge is 2.28. The number of carbonyl (C=O) groups excluding carboxylic acids is 2. The van der Waals surface area contributed by atoms with Crippen molar-refractivity contribution < 1.29 is 9.59 Å². The first-order valence-corrected chi connectivity index (χ1v) is 13.2. The van der Waals surface area contributed by atoms with Gasteiger partial charge in [-0.2, -0.15) is 0 Å². The molecule has 1 atom stereocenters. The number of rotatable bonds is 7. The van der Waals surface area contributed by atoms with Gasteiger partial charge in [0, 0.05) is 56.5 Å². The molecule has 2 aliphatic rings. The Bertz CT molecular complexity index is 1240. The van der Waals surface area contributed by atoms with E-state index in [1.165, 1.54) is 0 Å². The number of carbonyl (C=O) groups is 2. The van der Waals surface area contributed by atoms with E-state index in [0.29, 0.717) is 30.2 Å². The molecule has 5 rings (SSSR count). The summed E-state index contributed by atoms with van der Waals surface area (Å²) in [5, 5.41) is 4.63. The molecule has 2 amide bonds. The van der Waals surface area contributed by atoms with Gasteiger partial charge in [0.25, 0.3) is 5.91 Å². The van der Waals surface area contributed by atoms with Gasteiger partial charge < -0.3 is 20.9 Å². The quantitative estimate of drug-likeness (QED) is 0.517. The molecule has 194 valence electrons. The zero-order valence-corrected chi connectivity index (χ0v) is 21.5. The van der Waals surface area contributed by atoms with Crippen molar-refractivity contribution in [2.75, 3.05) is 38.5 Å². The number of fused-ring (bicyclic) bond motifs is 1. The zero-order valence-electron chi connectivity index (χ0n) is 21.5. The molecule has 8 nitrogen and oxygen atoms in total. The Labute approximate surface area is 218 Å². The smallest absolute Gasteiger partial charge is 0.256 e. The first-order valence-electron chi connectivity index (χ1n) is 13.2. The van der Waals surface area contributed by atoms with Gasteiger partial charge in [-0.15, -0.1) is 0 Å². The van der Waals surface area contributed by atoms with Gasteiger partial charge in [-0.3, -0.25) is 19.5 Å². The van der Waals surface area contributed by atoms with Crippen molar-refractivity contribution in [2.24, 2.45) is 5.73 Å². The summed E-state index contributed by atoms with van der Waals surface area (Å²) in [6, 6.07) is 18.1. The molecule has 8 heteroatoms. The number of hydrogen-bond donors (Lipinski definition) is 2. The van der Waals surface area contributed by atoms with E-state index in [0.717, 1.165) is 62.0 Å². The van der Waals surface area contributed by atoms with Crippen molar-refractivity contribution in [1.82, 2.24) is 19.7 Å². The fourth-order valence-electron chi connectivity index (χ4n) is 5.45. The average molecular weight is 501 g/mol. The first-order chi connectivity index (χ1) is 18.0. The molecule has 3 aromatic rings. The number of aromatic nitrogens is 1. The molecule has 0 radical (unpaired) electrons. The van der Waals surface area contributed by atoms with E-state index in [1.54, 1.807) is 11.1 Å². The fourth-order valence-corrected chi connectivity index (χ4v) is 5.45. The van der Waals surface area contributed by atoms with Gasteiger partial charge in [-0.05, 0) is 55.5 Å². The maximum Gasteiger partial charge on any atom is 0.256 e. The molecule has 0 saturated carbocycles. The molecule has 0 bridgehead atoms. The molecule has 37 heavy (non-hydrogen) atoms. The second-order valence-corrected chi connectivity index (χ2v) is 10.2. The van der Waals surface area contributed by atoms with E-state index in [9.17, 15) is 9.59 Å². The summed E-state index contributed by atoms with van der Waals surface area (Å²) in [6.45, 7) is 3.49. The molecule has 3 N–H and O–H groups in total. The highest BCUT2D eigenvalue weighted by Crippen LogP contribution is 2.28. The van der Waals surface area contributed by atoms with Crippen molar-refractivity contribution in [3.05, 3.63) is 71.9 Å². The molecule has 0 spiro atoms. The van der Waals surface area contributed by atoms with E-state index >= 15 is 0 Å². The fraction of sp³-hybridized carbons (Fsp3) is 0.414. The molecule has 2 aromatic carbocycles. The molecule has 0 unspecified atom stereocenters. The molecule has 3 heterocycles. The minimum atomic E-state index is -0.124. The van der Waals surface area contributed by atoms with Crippen LogP contribution in [0.2, 0.25) is 0 Å². The van der Waals surface area contributed by atoms with Crippen LogP contribution in [-0.4, -0.2) is 76.9 Å². The Kier molecular flexibility index (Phi) is 7.67. The van der Waals surface area contributed by atoms with Crippen molar-refractivity contribution in [2.45, 2.75) is 44.4 Å². The minimum Gasteiger partial charge on any atom is -0.382 e. The largest absolute Gasteiger partial charge is 0.382 e. The molecule has 0 aliphatic carbocycles. The summed E-state index contributed by atoms with van der Waals surface area (Å²) < 4.78 is 0. The summed E-state index contributed by atoms with van der Waals surface area (Å²) in [6.07, 6.45) is 5.40. The van der Waals surface area contributed by atoms with E-state index in [2.05, 4.69) is 15.2 Å². The summed E-state index contributed by atoms with van der Waals surface area (Å²) in [4.78, 5) is 36.3. The summed E-state index contributed by atoms with van der Waals surface area (Å²) in [7, 11) is 1.83. The van der Waals surface area contributed by atoms with E-state index < -0.39 is 0 Å². The van der Waals surface area contributed by atoms with Crippen LogP contribution in [-0.2, 0) is 11.3 Å². The van der Waals surface area contributed by atoms with Crippen LogP contribution in [0.4, 0.5) is 5.69 Å². The van der Waals surface area contributed by atoms with Crippen LogP contribution in [0.1, 0.15) is 41.6 Å². The lowest BCUT2D eigenvalue weighted by molar-refractivity contribution is -0.133. The van der Waals surface area contributed by atoms with Crippen molar-refractivity contribution >= 4 is 28.4 Å². The number of likely N-dealkylation sites (tertiary alicyclic amines) is 2. The van der Waals surface area contributed by atoms with Gasteiger partial charge in [0.1, 0.15) is 0 Å². The van der Waals surface area contributed by atoms with Crippen LogP contribution in [0.25, 0.3) is 10.9 Å². The number of hydrogen-bond acceptors (Lipinski definition) is 6. The normalized spacial score (nSPS) is 18.8. The van der Waals surface area contributed by atoms with Gasteiger partial charge in [-0.1, -0.05) is 30.3 Å². The topological polar surface area (TPSA) is 94.8 Å². The Balaban J connectivity index is 1.23. The highest BCUT2D eigenvalue weighted by molar-refractivity contribution is 6.08. The van der Waals surface area contributed by atoms with Gasteiger partial charge in [0.05, 0.1) is 23.8 Å². The van der Waals surface area contributed by atoms with E-state index in [1.807, 2.05) is 66.5 Å². The first kappa shape index (κ1) is 25.2. The van der Waals surface area contributed by atoms with Gasteiger partial charge in [0.2, 0.25) is 5.91 Å². The number of nitrogens with zero attached hydrogens (tertiary/aromatic N) is 4. The van der Waals surface area contributed by atoms with Crippen LogP contribution in [0.3, 0.4) is 0 Å². The number of nitrogens with two attached hydrogens (primary N) is 1. The number of pyridine rings is 1. The zero-order chi connectivity index (χ0) is 25.8. The standard InChI is InChI=1S/C29H36N6O2/c1-33(19-21-7-3-2-4-8-21)29(37)24-11-12-25(23-9-5-15-31-28(23)24)32-22-13-17-34(18-14-22)20-27(36)35-16-6-10-26(35)30/h2-5,7-9,11-12,15,22,26,32H,6,10,13-14,16-20,30H2,1H3/t26-/m0/s1. The summed E-state index contributed by atoms with van der Waals surface area (Å²) in [5.74, 6) is 0.0979.